The molecule has 0 bridgehead atoms. The molecule has 0 saturated heterocycles. The smallest absolute Gasteiger partial charge is 0.223 e. The topological polar surface area (TPSA) is 93.4 Å². The van der Waals surface area contributed by atoms with E-state index >= 15 is 0 Å². The van der Waals surface area contributed by atoms with E-state index in [1.807, 2.05) is 18.2 Å². The Kier molecular flexibility index (Phi) is 2.57. The van der Waals surface area contributed by atoms with Crippen molar-refractivity contribution in [3.05, 3.63) is 30.5 Å². The van der Waals surface area contributed by atoms with Gasteiger partial charge in [0.2, 0.25) is 5.95 Å². The fourth-order valence-corrected chi connectivity index (χ4v) is 3.96. The van der Waals surface area contributed by atoms with E-state index in [1.165, 1.54) is 11.8 Å². The number of nitrogens with two attached hydrogens (primary N) is 1. The maximum absolute atomic E-state index is 5.71. The van der Waals surface area contributed by atoms with E-state index in [2.05, 4.69) is 31.2 Å². The molecule has 0 aliphatic carbocycles. The second-order valence-electron chi connectivity index (χ2n) is 4.07. The Morgan fingerprint density at radius 1 is 1.15 bits per heavy atom. The molecule has 0 fully saturated rings. The molecule has 98 valence electrons. The van der Waals surface area contributed by atoms with Crippen LogP contribution in [-0.2, 0) is 0 Å². The molecular formula is C12H8N6S2. The fourth-order valence-electron chi connectivity index (χ4n) is 1.88. The summed E-state index contributed by atoms with van der Waals surface area (Å²) in [5.41, 5.74) is 7.34. The zero-order chi connectivity index (χ0) is 13.5. The lowest BCUT2D eigenvalue weighted by Crippen LogP contribution is -1.96. The minimum Gasteiger partial charge on any atom is -0.368 e. The van der Waals surface area contributed by atoms with Crippen molar-refractivity contribution in [2.45, 2.75) is 9.37 Å². The number of nitrogens with one attached hydrogen (secondary N) is 1. The van der Waals surface area contributed by atoms with Crippen molar-refractivity contribution >= 4 is 50.3 Å². The molecule has 0 saturated carbocycles. The molecule has 0 radical (unpaired) electrons. The SMILES string of the molecule is Nc1nc(Sc2nc3ccccc3s2)c2cn[nH]c2n1. The Hall–Kier alpha value is -2.19. The normalized spacial score (nSPS) is 11.4. The minimum atomic E-state index is 0.227. The second kappa shape index (κ2) is 4.43. The number of aromatic amines is 1. The average molecular weight is 300 g/mol. The molecule has 3 aromatic heterocycles. The third-order valence-corrected chi connectivity index (χ3v) is 4.85. The molecule has 3 heterocycles. The first-order valence-electron chi connectivity index (χ1n) is 5.79. The van der Waals surface area contributed by atoms with Crippen molar-refractivity contribution in [3.8, 4) is 0 Å². The number of hydrogen-bond donors (Lipinski definition) is 2. The highest BCUT2D eigenvalue weighted by atomic mass is 32.2. The van der Waals surface area contributed by atoms with Crippen LogP contribution in [0, 0.1) is 0 Å². The molecule has 0 aliphatic heterocycles. The number of aromatic nitrogens is 5. The summed E-state index contributed by atoms with van der Waals surface area (Å²) >= 11 is 3.11. The number of anilines is 1. The Labute approximate surface area is 121 Å². The van der Waals surface area contributed by atoms with Crippen LogP contribution in [0.1, 0.15) is 0 Å². The lowest BCUT2D eigenvalue weighted by molar-refractivity contribution is 1.08. The molecule has 0 spiro atoms. The van der Waals surface area contributed by atoms with Gasteiger partial charge in [0.15, 0.2) is 9.99 Å². The standard InChI is InChI=1S/C12H8N6S2/c13-11-16-9-6(5-14-18-9)10(17-11)20-12-15-7-3-1-2-4-8(7)19-12/h1-5H,(H3,13,14,16,17,18). The summed E-state index contributed by atoms with van der Waals surface area (Å²) in [5, 5.41) is 8.39. The van der Waals surface area contributed by atoms with Gasteiger partial charge in [-0.15, -0.1) is 11.3 Å². The molecule has 0 amide bonds. The predicted octanol–water partition coefficient (Wildman–Crippen LogP) is 2.70. The lowest BCUT2D eigenvalue weighted by Gasteiger charge is -1.99. The number of rotatable bonds is 2. The van der Waals surface area contributed by atoms with E-state index in [0.717, 1.165) is 25.0 Å². The van der Waals surface area contributed by atoms with E-state index in [9.17, 15) is 0 Å². The number of benzene rings is 1. The molecule has 0 aliphatic rings. The van der Waals surface area contributed by atoms with Crippen molar-refractivity contribution in [1.82, 2.24) is 25.1 Å². The molecule has 4 rings (SSSR count). The van der Waals surface area contributed by atoms with E-state index in [1.54, 1.807) is 17.5 Å². The molecule has 8 heteroatoms. The first kappa shape index (κ1) is 11.6. The molecule has 6 nitrogen and oxygen atoms in total. The van der Waals surface area contributed by atoms with Gasteiger partial charge in [-0.25, -0.2) is 9.97 Å². The van der Waals surface area contributed by atoms with Crippen LogP contribution in [0.15, 0.2) is 39.8 Å². The summed E-state index contributed by atoms with van der Waals surface area (Å²) in [6.45, 7) is 0. The number of fused-ring (bicyclic) bond motifs is 2. The maximum atomic E-state index is 5.71. The molecule has 0 unspecified atom stereocenters. The molecule has 1 aromatic carbocycles. The monoisotopic (exact) mass is 300 g/mol. The van der Waals surface area contributed by atoms with E-state index in [-0.39, 0.29) is 5.95 Å². The van der Waals surface area contributed by atoms with Crippen LogP contribution in [0.3, 0.4) is 0 Å². The fraction of sp³-hybridized carbons (Fsp3) is 0. The van der Waals surface area contributed by atoms with E-state index in [0.29, 0.717) is 5.65 Å². The highest BCUT2D eigenvalue weighted by Crippen LogP contribution is 2.36. The van der Waals surface area contributed by atoms with Crippen LogP contribution in [0.2, 0.25) is 0 Å². The van der Waals surface area contributed by atoms with Crippen LogP contribution in [-0.4, -0.2) is 25.1 Å². The van der Waals surface area contributed by atoms with Gasteiger partial charge in [0.05, 0.1) is 21.8 Å². The number of hydrogen-bond acceptors (Lipinski definition) is 7. The summed E-state index contributed by atoms with van der Waals surface area (Å²) in [4.78, 5) is 13.0. The van der Waals surface area contributed by atoms with Gasteiger partial charge < -0.3 is 5.73 Å². The van der Waals surface area contributed by atoms with Gasteiger partial charge in [-0.2, -0.15) is 10.1 Å². The lowest BCUT2D eigenvalue weighted by atomic mass is 10.3. The number of nitrogens with zero attached hydrogens (tertiary/aromatic N) is 4. The molecule has 20 heavy (non-hydrogen) atoms. The van der Waals surface area contributed by atoms with Gasteiger partial charge in [0, 0.05) is 0 Å². The van der Waals surface area contributed by atoms with Crippen molar-refractivity contribution in [3.63, 3.8) is 0 Å². The Bertz CT molecular complexity index is 880. The third kappa shape index (κ3) is 1.89. The summed E-state index contributed by atoms with van der Waals surface area (Å²) in [6.07, 6.45) is 1.70. The Balaban J connectivity index is 1.81. The third-order valence-electron chi connectivity index (χ3n) is 2.75. The quantitative estimate of drug-likeness (QED) is 0.553. The van der Waals surface area contributed by atoms with Gasteiger partial charge in [0.1, 0.15) is 5.03 Å². The highest BCUT2D eigenvalue weighted by Gasteiger charge is 2.12. The van der Waals surface area contributed by atoms with Crippen LogP contribution >= 0.6 is 23.1 Å². The summed E-state index contributed by atoms with van der Waals surface area (Å²) in [5.74, 6) is 0.227. The average Bonchev–Trinajstić information content (AvgIpc) is 3.03. The predicted molar refractivity (Wildman–Crippen MR) is 79.8 cm³/mol. The summed E-state index contributed by atoms with van der Waals surface area (Å²) < 4.78 is 2.08. The van der Waals surface area contributed by atoms with Crippen molar-refractivity contribution < 1.29 is 0 Å². The van der Waals surface area contributed by atoms with Crippen LogP contribution in [0.25, 0.3) is 21.3 Å². The molecule has 3 N–H and O–H groups in total. The van der Waals surface area contributed by atoms with Gasteiger partial charge >= 0.3 is 0 Å². The van der Waals surface area contributed by atoms with Gasteiger partial charge in [-0.3, -0.25) is 5.10 Å². The summed E-state index contributed by atoms with van der Waals surface area (Å²) in [7, 11) is 0. The van der Waals surface area contributed by atoms with Crippen molar-refractivity contribution in [2.24, 2.45) is 0 Å². The number of H-pyrrole nitrogens is 1. The first-order valence-corrected chi connectivity index (χ1v) is 7.43. The van der Waals surface area contributed by atoms with Gasteiger partial charge in [0.25, 0.3) is 0 Å². The van der Waals surface area contributed by atoms with E-state index in [4.69, 9.17) is 5.73 Å². The summed E-state index contributed by atoms with van der Waals surface area (Å²) in [6, 6.07) is 8.04. The molecule has 0 atom stereocenters. The first-order chi connectivity index (χ1) is 9.79. The molecule has 4 aromatic rings. The number of nitrogen functional groups attached to an aromatic ring is 1. The van der Waals surface area contributed by atoms with Crippen LogP contribution in [0.4, 0.5) is 5.95 Å². The van der Waals surface area contributed by atoms with E-state index < -0.39 is 0 Å². The Morgan fingerprint density at radius 3 is 2.95 bits per heavy atom. The number of thiazole rings is 1. The van der Waals surface area contributed by atoms with Gasteiger partial charge in [-0.05, 0) is 23.9 Å². The molecular weight excluding hydrogens is 292 g/mol. The van der Waals surface area contributed by atoms with Crippen molar-refractivity contribution in [1.29, 1.82) is 0 Å². The zero-order valence-electron chi connectivity index (χ0n) is 10.1. The highest BCUT2D eigenvalue weighted by molar-refractivity contribution is 8.01. The van der Waals surface area contributed by atoms with Crippen LogP contribution < -0.4 is 5.73 Å². The zero-order valence-corrected chi connectivity index (χ0v) is 11.7. The van der Waals surface area contributed by atoms with Crippen molar-refractivity contribution in [2.75, 3.05) is 5.73 Å². The maximum Gasteiger partial charge on any atom is 0.223 e. The van der Waals surface area contributed by atoms with Gasteiger partial charge in [-0.1, -0.05) is 12.1 Å². The van der Waals surface area contributed by atoms with Crippen LogP contribution in [0.5, 0.6) is 0 Å². The second-order valence-corrected chi connectivity index (χ2v) is 6.34. The Morgan fingerprint density at radius 2 is 2.05 bits per heavy atom. The largest absolute Gasteiger partial charge is 0.368 e. The minimum absolute atomic E-state index is 0.227. The number of para-hydroxylation sites is 1.